The van der Waals surface area contributed by atoms with Crippen molar-refractivity contribution >= 4 is 11.7 Å². The Kier molecular flexibility index (Phi) is 6.87. The summed E-state index contributed by atoms with van der Waals surface area (Å²) in [7, 11) is 0. The molecule has 30 heavy (non-hydrogen) atoms. The summed E-state index contributed by atoms with van der Waals surface area (Å²) in [4.78, 5) is 12.0. The average molecular weight is 410 g/mol. The molecule has 1 N–H and O–H groups in total. The Labute approximate surface area is 178 Å². The number of aliphatic hydroxyl groups is 1. The number of nitrogens with zero attached hydrogens (tertiary/aromatic N) is 3. The van der Waals surface area contributed by atoms with E-state index in [0.717, 1.165) is 53.9 Å². The van der Waals surface area contributed by atoms with Crippen LogP contribution in [-0.4, -0.2) is 41.4 Å². The van der Waals surface area contributed by atoms with E-state index in [-0.39, 0.29) is 5.97 Å². The van der Waals surface area contributed by atoms with Gasteiger partial charge in [0, 0.05) is 25.1 Å². The van der Waals surface area contributed by atoms with Crippen LogP contribution in [0.5, 0.6) is 0 Å². The monoisotopic (exact) mass is 409 g/mol. The van der Waals surface area contributed by atoms with Crippen molar-refractivity contribution in [3.63, 3.8) is 0 Å². The molecule has 160 valence electrons. The second-order valence-corrected chi connectivity index (χ2v) is 8.46. The number of rotatable bonds is 7. The summed E-state index contributed by atoms with van der Waals surface area (Å²) in [5.41, 5.74) is 4.33. The maximum absolute atomic E-state index is 12.0. The topological polar surface area (TPSA) is 74.5 Å². The highest BCUT2D eigenvalue weighted by atomic mass is 16.5. The minimum atomic E-state index is -0.864. The molecule has 6 heteroatoms. The normalized spacial score (nSPS) is 14.5. The molecule has 2 aromatic carbocycles. The van der Waals surface area contributed by atoms with Crippen LogP contribution < -0.4 is 0 Å². The number of esters is 1. The van der Waals surface area contributed by atoms with Crippen LogP contribution in [0.15, 0.2) is 46.7 Å². The van der Waals surface area contributed by atoms with Crippen LogP contribution in [0.3, 0.4) is 0 Å². The molecule has 1 fully saturated rings. The van der Waals surface area contributed by atoms with Gasteiger partial charge in [-0.15, -0.1) is 5.11 Å². The number of carbonyl (C=O) groups is 1. The second kappa shape index (κ2) is 9.39. The van der Waals surface area contributed by atoms with Gasteiger partial charge < -0.3 is 9.84 Å². The lowest BCUT2D eigenvalue weighted by Gasteiger charge is -2.20. The fourth-order valence-electron chi connectivity index (χ4n) is 3.69. The third-order valence-electron chi connectivity index (χ3n) is 5.02. The van der Waals surface area contributed by atoms with Crippen molar-refractivity contribution in [1.29, 1.82) is 0 Å². The van der Waals surface area contributed by atoms with Crippen LogP contribution >= 0.6 is 0 Å². The fraction of sp³-hybridized carbons (Fsp3) is 0.458. The Morgan fingerprint density at radius 1 is 1.17 bits per heavy atom. The van der Waals surface area contributed by atoms with E-state index in [0.29, 0.717) is 18.6 Å². The first-order chi connectivity index (χ1) is 14.3. The van der Waals surface area contributed by atoms with Crippen LogP contribution in [0, 0.1) is 6.92 Å². The van der Waals surface area contributed by atoms with Gasteiger partial charge in [-0.2, -0.15) is 0 Å². The fourth-order valence-corrected chi connectivity index (χ4v) is 3.69. The van der Waals surface area contributed by atoms with Gasteiger partial charge in [-0.25, -0.2) is 4.79 Å². The predicted molar refractivity (Wildman–Crippen MR) is 118 cm³/mol. The van der Waals surface area contributed by atoms with Gasteiger partial charge in [0.25, 0.3) is 0 Å². The van der Waals surface area contributed by atoms with Crippen molar-refractivity contribution in [2.75, 3.05) is 19.7 Å². The number of benzene rings is 2. The Morgan fingerprint density at radius 3 is 2.43 bits per heavy atom. The lowest BCUT2D eigenvalue weighted by Crippen LogP contribution is -2.22. The van der Waals surface area contributed by atoms with E-state index in [2.05, 4.69) is 22.5 Å². The van der Waals surface area contributed by atoms with Crippen LogP contribution in [-0.2, 0) is 11.2 Å². The summed E-state index contributed by atoms with van der Waals surface area (Å²) in [5.74, 6) is -0.329. The number of hydrogen-bond acceptors (Lipinski definition) is 5. The highest BCUT2D eigenvalue weighted by Gasteiger charge is 2.20. The minimum absolute atomic E-state index is 0.329. The Bertz CT molecular complexity index is 909. The molecule has 0 unspecified atom stereocenters. The van der Waals surface area contributed by atoms with Crippen LogP contribution in [0.4, 0.5) is 5.69 Å². The lowest BCUT2D eigenvalue weighted by molar-refractivity contribution is 0.0526. The van der Waals surface area contributed by atoms with Gasteiger partial charge in [-0.05, 0) is 69.9 Å². The summed E-state index contributed by atoms with van der Waals surface area (Å²) in [6.45, 7) is 9.60. The zero-order chi connectivity index (χ0) is 21.7. The lowest BCUT2D eigenvalue weighted by atomic mass is 9.91. The molecule has 0 bridgehead atoms. The maximum atomic E-state index is 12.0. The summed E-state index contributed by atoms with van der Waals surface area (Å²) < 4.78 is 5.08. The molecule has 0 amide bonds. The van der Waals surface area contributed by atoms with Crippen molar-refractivity contribution in [3.8, 4) is 11.1 Å². The van der Waals surface area contributed by atoms with Crippen molar-refractivity contribution in [3.05, 3.63) is 53.1 Å². The first kappa shape index (κ1) is 22.0. The molecule has 0 aliphatic carbocycles. The molecule has 6 nitrogen and oxygen atoms in total. The molecule has 2 aromatic rings. The van der Waals surface area contributed by atoms with E-state index < -0.39 is 5.60 Å². The van der Waals surface area contributed by atoms with Crippen molar-refractivity contribution in [2.24, 2.45) is 10.3 Å². The third-order valence-corrected chi connectivity index (χ3v) is 5.02. The van der Waals surface area contributed by atoms with E-state index in [1.807, 2.05) is 24.1 Å². The molecule has 1 aliphatic rings. The zero-order valence-electron chi connectivity index (χ0n) is 18.3. The molecule has 1 aliphatic heterocycles. The second-order valence-electron chi connectivity index (χ2n) is 8.46. The number of aryl methyl sites for hydroxylation is 1. The Morgan fingerprint density at radius 2 is 1.83 bits per heavy atom. The Hall–Kier alpha value is -2.73. The molecule has 0 spiro atoms. The van der Waals surface area contributed by atoms with E-state index in [4.69, 9.17) is 4.74 Å². The standard InChI is InChI=1S/C24H31N3O3/c1-5-30-23(28)19-10-8-18(9-11-19)21-15-17(2)14-20(16-24(3,4)29)22(21)25-26-27-12-6-7-13-27/h8-11,14-15,29H,5-7,12-13,16H2,1-4H3. The van der Waals surface area contributed by atoms with Gasteiger partial charge in [-0.3, -0.25) is 5.01 Å². The minimum Gasteiger partial charge on any atom is -0.462 e. The molecule has 3 rings (SSSR count). The maximum Gasteiger partial charge on any atom is 0.338 e. The molecule has 0 saturated carbocycles. The van der Waals surface area contributed by atoms with Gasteiger partial charge in [0.15, 0.2) is 0 Å². The molecule has 0 radical (unpaired) electrons. The Balaban J connectivity index is 2.04. The van der Waals surface area contributed by atoms with Gasteiger partial charge in [0.05, 0.1) is 23.5 Å². The molecule has 0 atom stereocenters. The van der Waals surface area contributed by atoms with Crippen molar-refractivity contribution in [1.82, 2.24) is 5.01 Å². The molecule has 0 aromatic heterocycles. The predicted octanol–water partition coefficient (Wildman–Crippen LogP) is 5.25. The number of carbonyl (C=O) groups excluding carboxylic acids is 1. The SMILES string of the molecule is CCOC(=O)c1ccc(-c2cc(C)cc(CC(C)(C)O)c2N=NN2CCCC2)cc1. The van der Waals surface area contributed by atoms with Crippen molar-refractivity contribution < 1.29 is 14.6 Å². The van der Waals surface area contributed by atoms with Gasteiger partial charge in [-0.1, -0.05) is 29.0 Å². The summed E-state index contributed by atoms with van der Waals surface area (Å²) in [6.07, 6.45) is 2.73. The summed E-state index contributed by atoms with van der Waals surface area (Å²) in [5, 5.41) is 21.5. The highest BCUT2D eigenvalue weighted by molar-refractivity contribution is 5.90. The van der Waals surface area contributed by atoms with Crippen LogP contribution in [0.2, 0.25) is 0 Å². The first-order valence-electron chi connectivity index (χ1n) is 10.6. The van der Waals surface area contributed by atoms with E-state index in [9.17, 15) is 9.90 Å². The molecule has 1 heterocycles. The van der Waals surface area contributed by atoms with Gasteiger partial charge >= 0.3 is 5.97 Å². The van der Waals surface area contributed by atoms with Gasteiger partial charge in [0.1, 0.15) is 0 Å². The van der Waals surface area contributed by atoms with Crippen LogP contribution in [0.25, 0.3) is 11.1 Å². The van der Waals surface area contributed by atoms with Gasteiger partial charge in [0.2, 0.25) is 0 Å². The van der Waals surface area contributed by atoms with E-state index in [1.165, 1.54) is 0 Å². The quantitative estimate of drug-likeness (QED) is 0.501. The van der Waals surface area contributed by atoms with Crippen LogP contribution in [0.1, 0.15) is 55.1 Å². The average Bonchev–Trinajstić information content (AvgIpc) is 3.19. The third kappa shape index (κ3) is 5.66. The number of ether oxygens (including phenoxy) is 1. The zero-order valence-corrected chi connectivity index (χ0v) is 18.3. The highest BCUT2D eigenvalue weighted by Crippen LogP contribution is 2.37. The summed E-state index contributed by atoms with van der Waals surface area (Å²) >= 11 is 0. The summed E-state index contributed by atoms with van der Waals surface area (Å²) in [6, 6.07) is 11.5. The molecular weight excluding hydrogens is 378 g/mol. The van der Waals surface area contributed by atoms with Crippen molar-refractivity contribution in [2.45, 2.75) is 52.6 Å². The molecular formula is C24H31N3O3. The largest absolute Gasteiger partial charge is 0.462 e. The van der Waals surface area contributed by atoms with E-state index >= 15 is 0 Å². The van der Waals surface area contributed by atoms with E-state index in [1.54, 1.807) is 32.9 Å². The smallest absolute Gasteiger partial charge is 0.338 e. The first-order valence-corrected chi connectivity index (χ1v) is 10.6. The molecule has 1 saturated heterocycles. The number of hydrogen-bond donors (Lipinski definition) is 1.